The molecule has 0 aromatic heterocycles. The van der Waals surface area contributed by atoms with Gasteiger partial charge in [-0.3, -0.25) is 9.10 Å². The quantitative estimate of drug-likeness (QED) is 0.489. The Kier molecular flexibility index (Phi) is 10.8. The molecule has 0 saturated carbocycles. The molecule has 5 nitrogen and oxygen atoms in total. The number of rotatable bonds is 13. The van der Waals surface area contributed by atoms with Gasteiger partial charge in [-0.15, -0.1) is 11.8 Å². The van der Waals surface area contributed by atoms with E-state index in [2.05, 4.69) is 19.2 Å². The van der Waals surface area contributed by atoms with Gasteiger partial charge in [0, 0.05) is 24.4 Å². The number of nitrogens with one attached hydrogen (secondary N) is 1. The fourth-order valence-corrected chi connectivity index (χ4v) is 4.61. The van der Waals surface area contributed by atoms with Crippen LogP contribution in [-0.2, 0) is 14.8 Å². The highest BCUT2D eigenvalue weighted by Crippen LogP contribution is 2.30. The first-order valence-electron chi connectivity index (χ1n) is 9.70. The van der Waals surface area contributed by atoms with Gasteiger partial charge in [-0.05, 0) is 37.1 Å². The van der Waals surface area contributed by atoms with E-state index in [1.807, 2.05) is 30.5 Å². The van der Waals surface area contributed by atoms with Crippen LogP contribution in [-0.4, -0.2) is 39.9 Å². The summed E-state index contributed by atoms with van der Waals surface area (Å²) in [5.41, 5.74) is 0.679. The van der Waals surface area contributed by atoms with Crippen molar-refractivity contribution in [1.82, 2.24) is 5.32 Å². The lowest BCUT2D eigenvalue weighted by Gasteiger charge is -2.24. The van der Waals surface area contributed by atoms with Gasteiger partial charge in [0.1, 0.15) is 0 Å². The molecule has 1 rings (SSSR count). The molecule has 0 aliphatic rings. The number of anilines is 1. The van der Waals surface area contributed by atoms with Gasteiger partial charge in [0.15, 0.2) is 0 Å². The molecule has 7 heteroatoms. The number of nitrogens with zero attached hydrogens (tertiary/aromatic N) is 1. The highest BCUT2D eigenvalue weighted by atomic mass is 32.2. The van der Waals surface area contributed by atoms with Crippen molar-refractivity contribution in [3.63, 3.8) is 0 Å². The first-order valence-corrected chi connectivity index (χ1v) is 12.8. The van der Waals surface area contributed by atoms with Crippen LogP contribution in [0.15, 0.2) is 29.2 Å². The summed E-state index contributed by atoms with van der Waals surface area (Å²) in [6.07, 6.45) is 8.52. The van der Waals surface area contributed by atoms with E-state index in [-0.39, 0.29) is 5.91 Å². The van der Waals surface area contributed by atoms with Crippen molar-refractivity contribution in [3.05, 3.63) is 24.3 Å². The number of amides is 1. The first kappa shape index (κ1) is 23.8. The second-order valence-electron chi connectivity index (χ2n) is 6.83. The van der Waals surface area contributed by atoms with Gasteiger partial charge in [0.25, 0.3) is 0 Å². The van der Waals surface area contributed by atoms with Crippen LogP contribution in [0.25, 0.3) is 0 Å². The van der Waals surface area contributed by atoms with Crippen molar-refractivity contribution in [1.29, 1.82) is 0 Å². The standard InChI is InChI=1S/C20H34N2O3S2/c1-5-7-11-17(6-2)16-21-20(23)14-10-15-22(27(4,24)25)18-12-8-9-13-19(18)26-3/h8-9,12-13,17H,5-7,10-11,14-16H2,1-4H3,(H,21,23)/t17-/m1/s1. The van der Waals surface area contributed by atoms with Crippen LogP contribution < -0.4 is 9.62 Å². The zero-order valence-corrected chi connectivity index (χ0v) is 18.7. The normalized spacial score (nSPS) is 12.6. The number of hydrogen-bond acceptors (Lipinski definition) is 4. The Morgan fingerprint density at radius 1 is 1.22 bits per heavy atom. The van der Waals surface area contributed by atoms with E-state index in [0.717, 1.165) is 17.7 Å². The topological polar surface area (TPSA) is 66.5 Å². The van der Waals surface area contributed by atoms with Crippen LogP contribution in [0, 0.1) is 5.92 Å². The Balaban J connectivity index is 2.59. The average Bonchev–Trinajstić information content (AvgIpc) is 2.64. The molecule has 1 atom stereocenters. The zero-order chi connectivity index (χ0) is 20.3. The number of unbranched alkanes of at least 4 members (excludes halogenated alkanes) is 1. The molecule has 0 unspecified atom stereocenters. The molecule has 0 fully saturated rings. The fourth-order valence-electron chi connectivity index (χ4n) is 2.97. The van der Waals surface area contributed by atoms with Crippen molar-refractivity contribution >= 4 is 33.4 Å². The number of hydrogen-bond donors (Lipinski definition) is 1. The third kappa shape index (κ3) is 8.56. The number of para-hydroxylation sites is 1. The number of benzene rings is 1. The third-order valence-corrected chi connectivity index (χ3v) is 6.62. The minimum absolute atomic E-state index is 0.00319. The number of thioether (sulfide) groups is 1. The van der Waals surface area contributed by atoms with Crippen molar-refractivity contribution in [3.8, 4) is 0 Å². The number of carbonyl (C=O) groups is 1. The molecule has 1 amide bonds. The number of sulfonamides is 1. The maximum atomic E-state index is 12.2. The molecule has 0 aliphatic heterocycles. The summed E-state index contributed by atoms with van der Waals surface area (Å²) in [5.74, 6) is 0.520. The van der Waals surface area contributed by atoms with Crippen LogP contribution in [0.2, 0.25) is 0 Å². The molecular weight excluding hydrogens is 380 g/mol. The van der Waals surface area contributed by atoms with Crippen molar-refractivity contribution in [2.24, 2.45) is 5.92 Å². The Morgan fingerprint density at radius 2 is 1.93 bits per heavy atom. The van der Waals surface area contributed by atoms with E-state index in [1.165, 1.54) is 35.2 Å². The van der Waals surface area contributed by atoms with E-state index in [9.17, 15) is 13.2 Å². The molecule has 0 aliphatic carbocycles. The molecule has 1 aromatic rings. The van der Waals surface area contributed by atoms with Crippen molar-refractivity contribution < 1.29 is 13.2 Å². The van der Waals surface area contributed by atoms with E-state index in [1.54, 1.807) is 0 Å². The predicted octanol–water partition coefficient (Wildman–Crippen LogP) is 4.29. The molecule has 0 bridgehead atoms. The second kappa shape index (κ2) is 12.3. The molecule has 0 radical (unpaired) electrons. The second-order valence-corrected chi connectivity index (χ2v) is 9.59. The molecule has 0 saturated heterocycles. The van der Waals surface area contributed by atoms with E-state index >= 15 is 0 Å². The lowest BCUT2D eigenvalue weighted by Crippen LogP contribution is -2.33. The summed E-state index contributed by atoms with van der Waals surface area (Å²) in [6.45, 7) is 5.34. The van der Waals surface area contributed by atoms with Crippen molar-refractivity contribution in [2.75, 3.05) is 29.9 Å². The van der Waals surface area contributed by atoms with Gasteiger partial charge in [0.05, 0.1) is 11.9 Å². The lowest BCUT2D eigenvalue weighted by atomic mass is 9.99. The SMILES string of the molecule is CCCC[C@@H](CC)CNC(=O)CCCN(c1ccccc1SC)S(C)(=O)=O. The summed E-state index contributed by atoms with van der Waals surface area (Å²) < 4.78 is 25.9. The van der Waals surface area contributed by atoms with Gasteiger partial charge in [-0.25, -0.2) is 8.42 Å². The Morgan fingerprint density at radius 3 is 2.52 bits per heavy atom. The van der Waals surface area contributed by atoms with Gasteiger partial charge >= 0.3 is 0 Å². The molecule has 1 N–H and O–H groups in total. The summed E-state index contributed by atoms with van der Waals surface area (Å²) >= 11 is 1.51. The molecule has 0 spiro atoms. The van der Waals surface area contributed by atoms with E-state index in [0.29, 0.717) is 37.5 Å². The van der Waals surface area contributed by atoms with E-state index in [4.69, 9.17) is 0 Å². The molecule has 154 valence electrons. The van der Waals surface area contributed by atoms with E-state index < -0.39 is 10.0 Å². The van der Waals surface area contributed by atoms with Crippen molar-refractivity contribution in [2.45, 2.75) is 57.3 Å². The average molecular weight is 415 g/mol. The summed E-state index contributed by atoms with van der Waals surface area (Å²) in [7, 11) is -3.40. The first-order chi connectivity index (χ1) is 12.8. The highest BCUT2D eigenvalue weighted by molar-refractivity contribution is 7.99. The lowest BCUT2D eigenvalue weighted by molar-refractivity contribution is -0.121. The molecule has 1 aromatic carbocycles. The monoisotopic (exact) mass is 414 g/mol. The van der Waals surface area contributed by atoms with Gasteiger partial charge in [-0.1, -0.05) is 45.2 Å². The molecular formula is C20H34N2O3S2. The van der Waals surface area contributed by atoms with Gasteiger partial charge in [0.2, 0.25) is 15.9 Å². The minimum atomic E-state index is -3.40. The summed E-state index contributed by atoms with van der Waals surface area (Å²) in [5, 5.41) is 3.01. The maximum Gasteiger partial charge on any atom is 0.232 e. The molecule has 27 heavy (non-hydrogen) atoms. The van der Waals surface area contributed by atoms with Gasteiger partial charge in [-0.2, -0.15) is 0 Å². The smallest absolute Gasteiger partial charge is 0.232 e. The predicted molar refractivity (Wildman–Crippen MR) is 116 cm³/mol. The molecule has 0 heterocycles. The van der Waals surface area contributed by atoms with Crippen LogP contribution >= 0.6 is 11.8 Å². The summed E-state index contributed by atoms with van der Waals surface area (Å²) in [4.78, 5) is 13.1. The maximum absolute atomic E-state index is 12.2. The van der Waals surface area contributed by atoms with Crippen LogP contribution in [0.3, 0.4) is 0 Å². The Labute approximate surface area is 169 Å². The third-order valence-electron chi connectivity index (χ3n) is 4.65. The zero-order valence-electron chi connectivity index (χ0n) is 17.0. The van der Waals surface area contributed by atoms with Crippen LogP contribution in [0.4, 0.5) is 5.69 Å². The van der Waals surface area contributed by atoms with Crippen LogP contribution in [0.1, 0.15) is 52.4 Å². The fraction of sp³-hybridized carbons (Fsp3) is 0.650. The minimum Gasteiger partial charge on any atom is -0.356 e. The van der Waals surface area contributed by atoms with Crippen LogP contribution in [0.5, 0.6) is 0 Å². The highest BCUT2D eigenvalue weighted by Gasteiger charge is 2.20. The van der Waals surface area contributed by atoms with Gasteiger partial charge < -0.3 is 5.32 Å². The Hall–Kier alpha value is -1.21. The Bertz CT molecular complexity index is 678. The summed E-state index contributed by atoms with van der Waals surface area (Å²) in [6, 6.07) is 7.45. The largest absolute Gasteiger partial charge is 0.356 e. The number of carbonyl (C=O) groups excluding carboxylic acids is 1.